The van der Waals surface area contributed by atoms with Gasteiger partial charge < -0.3 is 9.64 Å². The molecule has 1 saturated heterocycles. The average molecular weight is 360 g/mol. The highest BCUT2D eigenvalue weighted by atomic mass is 35.5. The normalized spacial score (nSPS) is 20.9. The van der Waals surface area contributed by atoms with Crippen molar-refractivity contribution in [3.8, 4) is 0 Å². The number of halogens is 1. The van der Waals surface area contributed by atoms with Gasteiger partial charge in [0.25, 0.3) is 0 Å². The number of aromatic nitrogens is 4. The van der Waals surface area contributed by atoms with E-state index in [4.69, 9.17) is 16.3 Å². The number of morpholine rings is 1. The topological polar surface area (TPSA) is 90.2 Å². The highest BCUT2D eigenvalue weighted by Crippen LogP contribution is 2.29. The largest absolute Gasteiger partial charge is 0.377 e. The molecule has 0 N–H and O–H groups in total. The predicted molar refractivity (Wildman–Crippen MR) is 87.5 cm³/mol. The zero-order chi connectivity index (χ0) is 16.8. The monoisotopic (exact) mass is 359 g/mol. The van der Waals surface area contributed by atoms with Crippen LogP contribution in [0.25, 0.3) is 11.0 Å². The fourth-order valence-electron chi connectivity index (χ4n) is 2.59. The predicted octanol–water partition coefficient (Wildman–Crippen LogP) is 1.27. The first-order valence-electron chi connectivity index (χ1n) is 7.23. The summed E-state index contributed by atoms with van der Waals surface area (Å²) >= 11 is 6.07. The first kappa shape index (κ1) is 16.4. The lowest BCUT2D eigenvalue weighted by Crippen LogP contribution is -2.44. The molecule has 1 aliphatic heterocycles. The molecule has 0 spiro atoms. The number of fused-ring (bicyclic) bond motifs is 1. The van der Waals surface area contributed by atoms with Crippen LogP contribution in [-0.4, -0.2) is 60.2 Å². The number of sulfone groups is 1. The summed E-state index contributed by atoms with van der Waals surface area (Å²) in [6, 6.07) is 0.133. The standard InChI is InChI=1S/C13H18ClN5O3S/c1-8-7-22-5-4-18(8)11-10-6-15-19(9(2)23(3,20)21)12(10)17-13(14)16-11/h6,8-9H,4-5,7H2,1-3H3/t8-,9?/m1/s1. The van der Waals surface area contributed by atoms with Crippen LogP contribution in [0.3, 0.4) is 0 Å². The Balaban J connectivity index is 2.16. The number of hydrogen-bond donors (Lipinski definition) is 0. The zero-order valence-electron chi connectivity index (χ0n) is 13.1. The van der Waals surface area contributed by atoms with E-state index in [2.05, 4.69) is 20.0 Å². The second-order valence-electron chi connectivity index (χ2n) is 5.69. The van der Waals surface area contributed by atoms with Gasteiger partial charge in [0.2, 0.25) is 5.28 Å². The number of rotatable bonds is 3. The molecule has 2 aromatic rings. The second-order valence-corrected chi connectivity index (χ2v) is 8.37. The maximum absolute atomic E-state index is 11.8. The smallest absolute Gasteiger partial charge is 0.226 e. The van der Waals surface area contributed by atoms with Crippen molar-refractivity contribution in [3.63, 3.8) is 0 Å². The van der Waals surface area contributed by atoms with Crippen molar-refractivity contribution in [2.45, 2.75) is 25.3 Å². The van der Waals surface area contributed by atoms with Crippen molar-refractivity contribution >= 4 is 38.3 Å². The van der Waals surface area contributed by atoms with Gasteiger partial charge in [-0.1, -0.05) is 0 Å². The molecule has 10 heteroatoms. The molecule has 3 rings (SSSR count). The van der Waals surface area contributed by atoms with E-state index in [1.165, 1.54) is 10.9 Å². The molecule has 0 amide bonds. The van der Waals surface area contributed by atoms with Gasteiger partial charge in [0, 0.05) is 12.8 Å². The van der Waals surface area contributed by atoms with Crippen molar-refractivity contribution in [3.05, 3.63) is 11.5 Å². The molecule has 0 aliphatic carbocycles. The number of nitrogens with zero attached hydrogens (tertiary/aromatic N) is 5. The molecule has 3 heterocycles. The SMILES string of the molecule is CC(n1ncc2c(N3CCOC[C@H]3C)nc(Cl)nc21)S(C)(=O)=O. The zero-order valence-corrected chi connectivity index (χ0v) is 14.7. The van der Waals surface area contributed by atoms with Crippen LogP contribution in [-0.2, 0) is 14.6 Å². The lowest BCUT2D eigenvalue weighted by atomic mass is 10.2. The van der Waals surface area contributed by atoms with E-state index in [1.807, 2.05) is 6.92 Å². The molecule has 2 atom stereocenters. The van der Waals surface area contributed by atoms with Gasteiger partial charge in [-0.05, 0) is 25.4 Å². The Morgan fingerprint density at radius 2 is 2.17 bits per heavy atom. The average Bonchev–Trinajstić information content (AvgIpc) is 2.88. The molecule has 1 aliphatic rings. The molecule has 0 saturated carbocycles. The highest BCUT2D eigenvalue weighted by Gasteiger charge is 2.27. The van der Waals surface area contributed by atoms with E-state index < -0.39 is 15.2 Å². The third kappa shape index (κ3) is 3.00. The molecule has 0 radical (unpaired) electrons. The second kappa shape index (κ2) is 5.88. The summed E-state index contributed by atoms with van der Waals surface area (Å²) in [5.41, 5.74) is 0.414. The van der Waals surface area contributed by atoms with Crippen molar-refractivity contribution in [2.24, 2.45) is 0 Å². The maximum Gasteiger partial charge on any atom is 0.226 e. The molecule has 0 bridgehead atoms. The van der Waals surface area contributed by atoms with Gasteiger partial charge in [-0.25, -0.2) is 13.1 Å². The van der Waals surface area contributed by atoms with Crippen LogP contribution >= 0.6 is 11.6 Å². The van der Waals surface area contributed by atoms with Gasteiger partial charge >= 0.3 is 0 Å². The summed E-state index contributed by atoms with van der Waals surface area (Å²) in [7, 11) is -3.32. The quantitative estimate of drug-likeness (QED) is 0.762. The van der Waals surface area contributed by atoms with Gasteiger partial charge in [-0.3, -0.25) is 0 Å². The minimum absolute atomic E-state index is 0.0636. The Morgan fingerprint density at radius 1 is 1.43 bits per heavy atom. The van der Waals surface area contributed by atoms with E-state index in [0.29, 0.717) is 36.6 Å². The molecule has 2 aromatic heterocycles. The van der Waals surface area contributed by atoms with Gasteiger partial charge in [0.15, 0.2) is 20.9 Å². The van der Waals surface area contributed by atoms with Gasteiger partial charge in [0.1, 0.15) is 5.82 Å². The van der Waals surface area contributed by atoms with E-state index in [0.717, 1.165) is 0 Å². The van der Waals surface area contributed by atoms with E-state index in [-0.39, 0.29) is 11.3 Å². The third-order valence-corrected chi connectivity index (χ3v) is 5.62. The minimum atomic E-state index is -3.32. The number of hydrogen-bond acceptors (Lipinski definition) is 7. The summed E-state index contributed by atoms with van der Waals surface area (Å²) in [4.78, 5) is 10.6. The molecule has 8 nitrogen and oxygen atoms in total. The molecule has 1 fully saturated rings. The highest BCUT2D eigenvalue weighted by molar-refractivity contribution is 7.90. The first-order chi connectivity index (χ1) is 10.8. The van der Waals surface area contributed by atoms with Crippen LogP contribution in [0.5, 0.6) is 0 Å². The molecular formula is C13H18ClN5O3S. The maximum atomic E-state index is 11.8. The van der Waals surface area contributed by atoms with Crippen molar-refractivity contribution in [1.29, 1.82) is 0 Å². The van der Waals surface area contributed by atoms with E-state index in [9.17, 15) is 8.42 Å². The summed E-state index contributed by atoms with van der Waals surface area (Å²) in [6.07, 6.45) is 2.75. The molecule has 23 heavy (non-hydrogen) atoms. The first-order valence-corrected chi connectivity index (χ1v) is 9.56. The molecule has 1 unspecified atom stereocenters. The summed E-state index contributed by atoms with van der Waals surface area (Å²) in [5.74, 6) is 0.655. The Hall–Kier alpha value is -1.45. The molecular weight excluding hydrogens is 342 g/mol. The fraction of sp³-hybridized carbons (Fsp3) is 0.615. The molecule has 126 valence electrons. The van der Waals surface area contributed by atoms with E-state index >= 15 is 0 Å². The van der Waals surface area contributed by atoms with Crippen LogP contribution in [0.4, 0.5) is 5.82 Å². The van der Waals surface area contributed by atoms with Crippen LogP contribution in [0.1, 0.15) is 19.2 Å². The number of ether oxygens (including phenoxy) is 1. The van der Waals surface area contributed by atoms with Crippen LogP contribution in [0.2, 0.25) is 5.28 Å². The van der Waals surface area contributed by atoms with Crippen molar-refractivity contribution in [2.75, 3.05) is 30.9 Å². The minimum Gasteiger partial charge on any atom is -0.377 e. The Labute approximate surface area is 139 Å². The van der Waals surface area contributed by atoms with Gasteiger partial charge in [0.05, 0.1) is 30.8 Å². The van der Waals surface area contributed by atoms with Gasteiger partial charge in [-0.15, -0.1) is 0 Å². The number of anilines is 1. The summed E-state index contributed by atoms with van der Waals surface area (Å²) in [6.45, 7) is 5.47. The van der Waals surface area contributed by atoms with Crippen molar-refractivity contribution < 1.29 is 13.2 Å². The van der Waals surface area contributed by atoms with Crippen molar-refractivity contribution in [1.82, 2.24) is 19.7 Å². The van der Waals surface area contributed by atoms with Gasteiger partial charge in [-0.2, -0.15) is 15.1 Å². The van der Waals surface area contributed by atoms with Crippen LogP contribution < -0.4 is 4.90 Å². The molecule has 0 aromatic carbocycles. The fourth-order valence-corrected chi connectivity index (χ4v) is 3.27. The Kier molecular flexibility index (Phi) is 4.19. The Morgan fingerprint density at radius 3 is 2.83 bits per heavy atom. The lowest BCUT2D eigenvalue weighted by molar-refractivity contribution is 0.0987. The summed E-state index contributed by atoms with van der Waals surface area (Å²) < 4.78 is 30.5. The van der Waals surface area contributed by atoms with Crippen LogP contribution in [0.15, 0.2) is 6.20 Å². The third-order valence-electron chi connectivity index (χ3n) is 4.01. The van der Waals surface area contributed by atoms with E-state index in [1.54, 1.807) is 13.1 Å². The lowest BCUT2D eigenvalue weighted by Gasteiger charge is -2.34. The van der Waals surface area contributed by atoms with Crippen LogP contribution in [0, 0.1) is 0 Å². The Bertz CT molecular complexity index is 837. The summed E-state index contributed by atoms with van der Waals surface area (Å²) in [5, 5.41) is 4.11.